The smallest absolute Gasteiger partial charge is 0.223 e. The predicted molar refractivity (Wildman–Crippen MR) is 105 cm³/mol. The number of carbonyl (C=O) groups excluding carboxylic acids is 1. The van der Waals surface area contributed by atoms with Crippen molar-refractivity contribution in [3.63, 3.8) is 0 Å². The molecule has 1 fully saturated rings. The molecule has 3 aromatic rings. The van der Waals surface area contributed by atoms with Crippen LogP contribution >= 0.6 is 0 Å². The number of hydrogen-bond acceptors (Lipinski definition) is 4. The van der Waals surface area contributed by atoms with Crippen LogP contribution in [0.1, 0.15) is 23.4 Å². The fraction of sp³-hybridized carbons (Fsp3) is 0.364. The van der Waals surface area contributed by atoms with Crippen molar-refractivity contribution in [3.05, 3.63) is 65.5 Å². The van der Waals surface area contributed by atoms with E-state index in [9.17, 15) is 4.79 Å². The van der Waals surface area contributed by atoms with E-state index in [-0.39, 0.29) is 5.91 Å². The van der Waals surface area contributed by atoms with Gasteiger partial charge in [-0.15, -0.1) is 0 Å². The minimum Gasteiger partial charge on any atom is -0.441 e. The fourth-order valence-corrected chi connectivity index (χ4v) is 3.58. The number of fused-ring (bicyclic) bond motifs is 1. The van der Waals surface area contributed by atoms with Crippen LogP contribution in [0.3, 0.4) is 0 Å². The number of nitrogens with zero attached hydrogens (tertiary/aromatic N) is 3. The monoisotopic (exact) mass is 363 g/mol. The van der Waals surface area contributed by atoms with E-state index in [1.807, 2.05) is 29.2 Å². The SMILES string of the molecule is Cc1ccccc1CN1CCN(C(=O)CCc2nc3ccccc3o2)CC1. The van der Waals surface area contributed by atoms with Crippen LogP contribution in [0.4, 0.5) is 0 Å². The second-order valence-electron chi connectivity index (χ2n) is 7.16. The third-order valence-electron chi connectivity index (χ3n) is 5.27. The fourth-order valence-electron chi connectivity index (χ4n) is 3.58. The van der Waals surface area contributed by atoms with Gasteiger partial charge in [0.25, 0.3) is 0 Å². The zero-order valence-electron chi connectivity index (χ0n) is 15.7. The van der Waals surface area contributed by atoms with Crippen LogP contribution < -0.4 is 0 Å². The molecule has 0 spiro atoms. The Morgan fingerprint density at radius 3 is 2.56 bits per heavy atom. The van der Waals surface area contributed by atoms with E-state index in [2.05, 4.69) is 41.1 Å². The van der Waals surface area contributed by atoms with Crippen LogP contribution in [0, 0.1) is 6.92 Å². The number of aryl methyl sites for hydroxylation is 2. The first-order chi connectivity index (χ1) is 13.2. The lowest BCUT2D eigenvalue weighted by atomic mass is 10.1. The molecule has 0 atom stereocenters. The van der Waals surface area contributed by atoms with Crippen molar-refractivity contribution < 1.29 is 9.21 Å². The van der Waals surface area contributed by atoms with E-state index in [0.717, 1.165) is 43.8 Å². The summed E-state index contributed by atoms with van der Waals surface area (Å²) in [6, 6.07) is 16.2. The summed E-state index contributed by atoms with van der Waals surface area (Å²) in [5.41, 5.74) is 4.33. The molecule has 0 N–H and O–H groups in total. The molecular weight excluding hydrogens is 338 g/mol. The molecule has 5 heteroatoms. The highest BCUT2D eigenvalue weighted by Crippen LogP contribution is 2.17. The van der Waals surface area contributed by atoms with Gasteiger partial charge >= 0.3 is 0 Å². The maximum atomic E-state index is 12.5. The van der Waals surface area contributed by atoms with E-state index in [4.69, 9.17) is 4.42 Å². The van der Waals surface area contributed by atoms with Crippen molar-refractivity contribution in [1.29, 1.82) is 0 Å². The molecule has 4 rings (SSSR count). The lowest BCUT2D eigenvalue weighted by molar-refractivity contribution is -0.133. The first-order valence-corrected chi connectivity index (χ1v) is 9.58. The Morgan fingerprint density at radius 2 is 1.78 bits per heavy atom. The number of amides is 1. The standard InChI is InChI=1S/C22H25N3O2/c1-17-6-2-3-7-18(17)16-24-12-14-25(15-13-24)22(26)11-10-21-23-19-8-4-5-9-20(19)27-21/h2-9H,10-16H2,1H3. The van der Waals surface area contributed by atoms with Gasteiger partial charge in [-0.1, -0.05) is 36.4 Å². The molecule has 1 amide bonds. The van der Waals surface area contributed by atoms with E-state index in [1.165, 1.54) is 11.1 Å². The summed E-state index contributed by atoms with van der Waals surface area (Å²) in [6.45, 7) is 6.53. The number of aromatic nitrogens is 1. The maximum Gasteiger partial charge on any atom is 0.223 e. The average molecular weight is 363 g/mol. The number of para-hydroxylation sites is 2. The van der Waals surface area contributed by atoms with Gasteiger partial charge in [-0.25, -0.2) is 4.98 Å². The van der Waals surface area contributed by atoms with Crippen LogP contribution in [0.15, 0.2) is 52.9 Å². The van der Waals surface area contributed by atoms with Gasteiger partial charge in [-0.3, -0.25) is 9.69 Å². The molecule has 2 heterocycles. The molecule has 0 bridgehead atoms. The van der Waals surface area contributed by atoms with E-state index in [0.29, 0.717) is 18.7 Å². The second kappa shape index (κ2) is 7.92. The van der Waals surface area contributed by atoms with Gasteiger partial charge in [0.15, 0.2) is 11.5 Å². The van der Waals surface area contributed by atoms with Crippen molar-refractivity contribution in [3.8, 4) is 0 Å². The quantitative estimate of drug-likeness (QED) is 0.697. The number of rotatable bonds is 5. The van der Waals surface area contributed by atoms with Crippen molar-refractivity contribution in [2.45, 2.75) is 26.3 Å². The molecule has 1 saturated heterocycles. The van der Waals surface area contributed by atoms with Crippen molar-refractivity contribution >= 4 is 17.0 Å². The molecule has 0 unspecified atom stereocenters. The lowest BCUT2D eigenvalue weighted by Crippen LogP contribution is -2.48. The first-order valence-electron chi connectivity index (χ1n) is 9.58. The molecule has 0 aliphatic carbocycles. The van der Waals surface area contributed by atoms with Crippen LogP contribution in [0.2, 0.25) is 0 Å². The Morgan fingerprint density at radius 1 is 1.04 bits per heavy atom. The number of piperazine rings is 1. The van der Waals surface area contributed by atoms with Gasteiger partial charge in [-0.05, 0) is 30.2 Å². The average Bonchev–Trinajstić information content (AvgIpc) is 3.11. The van der Waals surface area contributed by atoms with Gasteiger partial charge in [0.2, 0.25) is 5.91 Å². The Labute approximate surface area is 159 Å². The minimum absolute atomic E-state index is 0.188. The largest absolute Gasteiger partial charge is 0.441 e. The predicted octanol–water partition coefficient (Wildman–Crippen LogP) is 3.41. The topological polar surface area (TPSA) is 49.6 Å². The Bertz CT molecular complexity index is 893. The Balaban J connectivity index is 1.26. The van der Waals surface area contributed by atoms with E-state index < -0.39 is 0 Å². The summed E-state index contributed by atoms with van der Waals surface area (Å²) in [5, 5.41) is 0. The van der Waals surface area contributed by atoms with Gasteiger partial charge in [0.1, 0.15) is 5.52 Å². The normalized spacial score (nSPS) is 15.4. The molecule has 1 aliphatic heterocycles. The van der Waals surface area contributed by atoms with Gasteiger partial charge in [-0.2, -0.15) is 0 Å². The summed E-state index contributed by atoms with van der Waals surface area (Å²) in [7, 11) is 0. The van der Waals surface area contributed by atoms with Crippen LogP contribution in [0.25, 0.3) is 11.1 Å². The van der Waals surface area contributed by atoms with E-state index in [1.54, 1.807) is 0 Å². The summed E-state index contributed by atoms with van der Waals surface area (Å²) in [5.74, 6) is 0.829. The summed E-state index contributed by atoms with van der Waals surface area (Å²) in [4.78, 5) is 21.4. The summed E-state index contributed by atoms with van der Waals surface area (Å²) in [6.07, 6.45) is 1.00. The summed E-state index contributed by atoms with van der Waals surface area (Å²) >= 11 is 0. The highest BCUT2D eigenvalue weighted by molar-refractivity contribution is 5.77. The number of benzene rings is 2. The van der Waals surface area contributed by atoms with Crippen LogP contribution in [-0.4, -0.2) is 46.9 Å². The Hall–Kier alpha value is -2.66. The molecule has 1 aliphatic rings. The second-order valence-corrected chi connectivity index (χ2v) is 7.16. The van der Waals surface area contributed by atoms with Crippen LogP contribution in [-0.2, 0) is 17.8 Å². The lowest BCUT2D eigenvalue weighted by Gasteiger charge is -2.35. The molecule has 0 saturated carbocycles. The molecule has 140 valence electrons. The zero-order valence-corrected chi connectivity index (χ0v) is 15.7. The first kappa shape index (κ1) is 17.7. The van der Waals surface area contributed by atoms with Crippen molar-refractivity contribution in [2.75, 3.05) is 26.2 Å². The third kappa shape index (κ3) is 4.19. The summed E-state index contributed by atoms with van der Waals surface area (Å²) < 4.78 is 5.71. The number of carbonyl (C=O) groups is 1. The molecule has 5 nitrogen and oxygen atoms in total. The number of hydrogen-bond donors (Lipinski definition) is 0. The van der Waals surface area contributed by atoms with Gasteiger partial charge in [0, 0.05) is 45.6 Å². The number of oxazole rings is 1. The zero-order chi connectivity index (χ0) is 18.6. The van der Waals surface area contributed by atoms with Crippen molar-refractivity contribution in [2.24, 2.45) is 0 Å². The maximum absolute atomic E-state index is 12.5. The molecule has 1 aromatic heterocycles. The Kier molecular flexibility index (Phi) is 5.21. The highest BCUT2D eigenvalue weighted by Gasteiger charge is 2.21. The molecule has 27 heavy (non-hydrogen) atoms. The molecule has 2 aromatic carbocycles. The molecule has 0 radical (unpaired) electrons. The minimum atomic E-state index is 0.188. The highest BCUT2D eigenvalue weighted by atomic mass is 16.3. The third-order valence-corrected chi connectivity index (χ3v) is 5.27. The molecular formula is C22H25N3O2. The van der Waals surface area contributed by atoms with Crippen LogP contribution in [0.5, 0.6) is 0 Å². The van der Waals surface area contributed by atoms with Gasteiger partial charge in [0.05, 0.1) is 0 Å². The van der Waals surface area contributed by atoms with Crippen molar-refractivity contribution in [1.82, 2.24) is 14.8 Å². The van der Waals surface area contributed by atoms with E-state index >= 15 is 0 Å². The van der Waals surface area contributed by atoms with Gasteiger partial charge < -0.3 is 9.32 Å².